The van der Waals surface area contributed by atoms with Crippen LogP contribution in [0.4, 0.5) is 4.39 Å². The van der Waals surface area contributed by atoms with Crippen molar-refractivity contribution < 1.29 is 12.8 Å². The van der Waals surface area contributed by atoms with Gasteiger partial charge in [-0.05, 0) is 43.4 Å². The van der Waals surface area contributed by atoms with Gasteiger partial charge in [0, 0.05) is 31.7 Å². The first-order valence-corrected chi connectivity index (χ1v) is 9.69. The van der Waals surface area contributed by atoms with Crippen LogP contribution in [0.1, 0.15) is 31.2 Å². The van der Waals surface area contributed by atoms with E-state index in [-0.39, 0.29) is 11.4 Å². The van der Waals surface area contributed by atoms with E-state index < -0.39 is 10.0 Å². The lowest BCUT2D eigenvalue weighted by Gasteiger charge is -2.43. The highest BCUT2D eigenvalue weighted by molar-refractivity contribution is 7.88. The lowest BCUT2D eigenvalue weighted by molar-refractivity contribution is 0.0984. The predicted octanol–water partition coefficient (Wildman–Crippen LogP) is 2.22. The Hall–Kier alpha value is -0.980. The van der Waals surface area contributed by atoms with E-state index in [1.54, 1.807) is 4.31 Å². The molecule has 0 aliphatic carbocycles. The Labute approximate surface area is 132 Å². The van der Waals surface area contributed by atoms with Crippen molar-refractivity contribution in [2.45, 2.75) is 37.8 Å². The van der Waals surface area contributed by atoms with Crippen LogP contribution in [0.3, 0.4) is 0 Å². The standard InChI is InChI=1S/C16H23FN2O2S/c1-22(20,21)19-10-2-7-16(19)8-11-18(12-9-16)13-14-3-5-15(17)6-4-14/h3-6H,2,7-13H2,1H3. The number of hydrogen-bond acceptors (Lipinski definition) is 3. The summed E-state index contributed by atoms with van der Waals surface area (Å²) < 4.78 is 38.7. The molecule has 22 heavy (non-hydrogen) atoms. The van der Waals surface area contributed by atoms with Gasteiger partial charge < -0.3 is 0 Å². The predicted molar refractivity (Wildman–Crippen MR) is 84.4 cm³/mol. The number of hydrogen-bond donors (Lipinski definition) is 0. The second-order valence-corrected chi connectivity index (χ2v) is 8.47. The van der Waals surface area contributed by atoms with Crippen molar-refractivity contribution in [3.8, 4) is 0 Å². The summed E-state index contributed by atoms with van der Waals surface area (Å²) >= 11 is 0. The molecule has 2 aliphatic heterocycles. The lowest BCUT2D eigenvalue weighted by Crippen LogP contribution is -2.53. The third-order valence-corrected chi connectivity index (χ3v) is 6.41. The Bertz CT molecular complexity index is 622. The van der Waals surface area contributed by atoms with Gasteiger partial charge in [-0.2, -0.15) is 4.31 Å². The van der Waals surface area contributed by atoms with Crippen LogP contribution in [0.5, 0.6) is 0 Å². The summed E-state index contributed by atoms with van der Waals surface area (Å²) in [5.41, 5.74) is 0.941. The first-order chi connectivity index (χ1) is 10.4. The molecule has 0 bridgehead atoms. The van der Waals surface area contributed by atoms with E-state index in [0.29, 0.717) is 6.54 Å². The van der Waals surface area contributed by atoms with Crippen molar-refractivity contribution >= 4 is 10.0 Å². The highest BCUT2D eigenvalue weighted by atomic mass is 32.2. The van der Waals surface area contributed by atoms with Crippen molar-refractivity contribution in [2.24, 2.45) is 0 Å². The van der Waals surface area contributed by atoms with Gasteiger partial charge in [0.15, 0.2) is 0 Å². The summed E-state index contributed by atoms with van der Waals surface area (Å²) in [5.74, 6) is -0.212. The summed E-state index contributed by atoms with van der Waals surface area (Å²) in [6, 6.07) is 6.61. The van der Waals surface area contributed by atoms with Crippen molar-refractivity contribution in [3.63, 3.8) is 0 Å². The van der Waals surface area contributed by atoms with Gasteiger partial charge in [0.1, 0.15) is 5.82 Å². The Morgan fingerprint density at radius 1 is 1.09 bits per heavy atom. The van der Waals surface area contributed by atoms with Gasteiger partial charge in [-0.15, -0.1) is 0 Å². The van der Waals surface area contributed by atoms with Gasteiger partial charge in [0.25, 0.3) is 0 Å². The minimum Gasteiger partial charge on any atom is -0.299 e. The first kappa shape index (κ1) is 15.9. The molecular weight excluding hydrogens is 303 g/mol. The summed E-state index contributed by atoms with van der Waals surface area (Å²) in [6.45, 7) is 3.25. The molecule has 2 heterocycles. The SMILES string of the molecule is CS(=O)(=O)N1CCCC12CCN(Cc1ccc(F)cc1)CC2. The Morgan fingerprint density at radius 2 is 1.73 bits per heavy atom. The molecule has 0 saturated carbocycles. The number of likely N-dealkylation sites (tertiary alicyclic amines) is 1. The highest BCUT2D eigenvalue weighted by Crippen LogP contribution is 2.40. The summed E-state index contributed by atoms with van der Waals surface area (Å²) in [7, 11) is -3.12. The van der Waals surface area contributed by atoms with Crippen LogP contribution in [-0.2, 0) is 16.6 Å². The maximum atomic E-state index is 12.9. The Kier molecular flexibility index (Phi) is 4.27. The molecule has 2 fully saturated rings. The van der Waals surface area contributed by atoms with E-state index in [9.17, 15) is 12.8 Å². The van der Waals surface area contributed by atoms with E-state index in [1.807, 2.05) is 12.1 Å². The molecule has 0 aromatic heterocycles. The second kappa shape index (κ2) is 5.91. The fourth-order valence-electron chi connectivity index (χ4n) is 3.91. The van der Waals surface area contributed by atoms with E-state index >= 15 is 0 Å². The van der Waals surface area contributed by atoms with Crippen LogP contribution < -0.4 is 0 Å². The van der Waals surface area contributed by atoms with Gasteiger partial charge in [-0.3, -0.25) is 4.90 Å². The van der Waals surface area contributed by atoms with E-state index in [2.05, 4.69) is 4.90 Å². The maximum Gasteiger partial charge on any atom is 0.211 e. The van der Waals surface area contributed by atoms with Crippen LogP contribution in [0, 0.1) is 5.82 Å². The quantitative estimate of drug-likeness (QED) is 0.855. The molecule has 0 unspecified atom stereocenters. The van der Waals surface area contributed by atoms with E-state index in [1.165, 1.54) is 18.4 Å². The average molecular weight is 326 g/mol. The highest BCUT2D eigenvalue weighted by Gasteiger charge is 2.46. The van der Waals surface area contributed by atoms with Gasteiger partial charge in [0.2, 0.25) is 10.0 Å². The average Bonchev–Trinajstić information content (AvgIpc) is 2.88. The lowest BCUT2D eigenvalue weighted by atomic mass is 9.86. The molecule has 122 valence electrons. The number of piperidine rings is 1. The van der Waals surface area contributed by atoms with Gasteiger partial charge in [-0.25, -0.2) is 12.8 Å². The molecule has 4 nitrogen and oxygen atoms in total. The molecule has 2 saturated heterocycles. The van der Waals surface area contributed by atoms with Crippen LogP contribution >= 0.6 is 0 Å². The summed E-state index contributed by atoms with van der Waals surface area (Å²) in [5, 5.41) is 0. The Morgan fingerprint density at radius 3 is 2.32 bits per heavy atom. The zero-order chi connectivity index (χ0) is 15.8. The minimum atomic E-state index is -3.12. The van der Waals surface area contributed by atoms with E-state index in [0.717, 1.165) is 50.9 Å². The Balaban J connectivity index is 1.63. The number of rotatable bonds is 3. The third kappa shape index (κ3) is 3.19. The van der Waals surface area contributed by atoms with Crippen LogP contribution in [0.25, 0.3) is 0 Å². The molecule has 0 atom stereocenters. The summed E-state index contributed by atoms with van der Waals surface area (Å²) in [6.07, 6.45) is 5.04. The summed E-state index contributed by atoms with van der Waals surface area (Å²) in [4.78, 5) is 2.33. The smallest absolute Gasteiger partial charge is 0.211 e. The number of halogens is 1. The second-order valence-electron chi connectivity index (χ2n) is 6.57. The molecule has 1 aromatic carbocycles. The molecule has 3 rings (SSSR count). The fourth-order valence-corrected chi connectivity index (χ4v) is 5.34. The van der Waals surface area contributed by atoms with Gasteiger partial charge in [-0.1, -0.05) is 12.1 Å². The minimum absolute atomic E-state index is 0.160. The zero-order valence-electron chi connectivity index (χ0n) is 13.0. The van der Waals surface area contributed by atoms with Crippen molar-refractivity contribution in [2.75, 3.05) is 25.9 Å². The van der Waals surface area contributed by atoms with Crippen molar-refractivity contribution in [1.29, 1.82) is 0 Å². The molecule has 0 N–H and O–H groups in total. The van der Waals surface area contributed by atoms with Gasteiger partial charge >= 0.3 is 0 Å². The molecule has 6 heteroatoms. The van der Waals surface area contributed by atoms with Gasteiger partial charge in [0.05, 0.1) is 6.26 Å². The number of benzene rings is 1. The molecular formula is C16H23FN2O2S. The van der Waals surface area contributed by atoms with Crippen molar-refractivity contribution in [1.82, 2.24) is 9.21 Å². The topological polar surface area (TPSA) is 40.6 Å². The molecule has 2 aliphatic rings. The molecule has 1 aromatic rings. The molecule has 0 radical (unpaired) electrons. The van der Waals surface area contributed by atoms with Crippen LogP contribution in [0.15, 0.2) is 24.3 Å². The largest absolute Gasteiger partial charge is 0.299 e. The maximum absolute atomic E-state index is 12.9. The normalized spacial score (nSPS) is 23.2. The zero-order valence-corrected chi connectivity index (χ0v) is 13.8. The van der Waals surface area contributed by atoms with Crippen LogP contribution in [-0.4, -0.2) is 49.1 Å². The van der Waals surface area contributed by atoms with Crippen LogP contribution in [0.2, 0.25) is 0 Å². The number of sulfonamides is 1. The first-order valence-electron chi connectivity index (χ1n) is 7.84. The fraction of sp³-hybridized carbons (Fsp3) is 0.625. The molecule has 1 spiro atoms. The third-order valence-electron chi connectivity index (χ3n) is 5.04. The monoisotopic (exact) mass is 326 g/mol. The molecule has 0 amide bonds. The number of nitrogens with zero attached hydrogens (tertiary/aromatic N) is 2. The van der Waals surface area contributed by atoms with E-state index in [4.69, 9.17) is 0 Å². The van der Waals surface area contributed by atoms with Crippen molar-refractivity contribution in [3.05, 3.63) is 35.6 Å².